The molecule has 0 aliphatic heterocycles. The number of hydrogen-bond acceptors (Lipinski definition) is 3. The lowest BCUT2D eigenvalue weighted by molar-refractivity contribution is -0.121. The van der Waals surface area contributed by atoms with Crippen LogP contribution in [-0.4, -0.2) is 31.1 Å². The molecule has 8 heteroatoms. The molecule has 0 unspecified atom stereocenters. The lowest BCUT2D eigenvalue weighted by Gasteiger charge is -2.12. The predicted molar refractivity (Wildman–Crippen MR) is 88.3 cm³/mol. The second kappa shape index (κ2) is 9.80. The summed E-state index contributed by atoms with van der Waals surface area (Å²) in [5.74, 6) is 0.0123. The first kappa shape index (κ1) is 19.0. The van der Waals surface area contributed by atoms with Crippen LogP contribution in [0.4, 0.5) is 13.6 Å². The topological polar surface area (TPSA) is 79.5 Å². The van der Waals surface area contributed by atoms with Gasteiger partial charge in [-0.3, -0.25) is 4.79 Å². The maximum Gasteiger partial charge on any atom is 0.387 e. The molecule has 1 aliphatic carbocycles. The zero-order valence-corrected chi connectivity index (χ0v) is 13.9. The Morgan fingerprint density at radius 1 is 1.12 bits per heavy atom. The van der Waals surface area contributed by atoms with E-state index < -0.39 is 6.61 Å². The van der Waals surface area contributed by atoms with Crippen molar-refractivity contribution in [2.24, 2.45) is 0 Å². The third-order valence-corrected chi connectivity index (χ3v) is 3.96. The molecule has 6 nitrogen and oxygen atoms in total. The molecule has 0 radical (unpaired) electrons. The Hall–Kier alpha value is -2.38. The van der Waals surface area contributed by atoms with Gasteiger partial charge in [0.15, 0.2) is 0 Å². The maximum atomic E-state index is 12.0. The summed E-state index contributed by atoms with van der Waals surface area (Å²) in [7, 11) is 0. The second-order valence-corrected chi connectivity index (χ2v) is 5.93. The van der Waals surface area contributed by atoms with E-state index in [2.05, 4.69) is 20.7 Å². The fourth-order valence-electron chi connectivity index (χ4n) is 2.69. The number of ether oxygens (including phenoxy) is 1. The average Bonchev–Trinajstić information content (AvgIpc) is 3.06. The number of carbonyl (C=O) groups is 2. The summed E-state index contributed by atoms with van der Waals surface area (Å²) in [5, 5.41) is 8.20. The van der Waals surface area contributed by atoms with Gasteiger partial charge < -0.3 is 20.7 Å². The smallest absolute Gasteiger partial charge is 0.387 e. The zero-order chi connectivity index (χ0) is 18.1. The fraction of sp³-hybridized carbons (Fsp3) is 0.529. The van der Waals surface area contributed by atoms with Crippen LogP contribution in [-0.2, 0) is 11.3 Å². The first-order chi connectivity index (χ1) is 12.0. The number of alkyl halides is 2. The van der Waals surface area contributed by atoms with Crippen LogP contribution in [0.25, 0.3) is 0 Å². The van der Waals surface area contributed by atoms with Crippen molar-refractivity contribution in [2.75, 3.05) is 6.54 Å². The van der Waals surface area contributed by atoms with Crippen LogP contribution in [0.15, 0.2) is 24.3 Å². The summed E-state index contributed by atoms with van der Waals surface area (Å²) in [5.41, 5.74) is 0.746. The van der Waals surface area contributed by atoms with Crippen LogP contribution in [0, 0.1) is 0 Å². The Kier molecular flexibility index (Phi) is 7.43. The van der Waals surface area contributed by atoms with E-state index in [9.17, 15) is 18.4 Å². The van der Waals surface area contributed by atoms with Gasteiger partial charge in [0.25, 0.3) is 0 Å². The van der Waals surface area contributed by atoms with Gasteiger partial charge in [-0.25, -0.2) is 4.79 Å². The normalized spacial score (nSPS) is 14.4. The Labute approximate surface area is 145 Å². The molecule has 0 saturated heterocycles. The van der Waals surface area contributed by atoms with Gasteiger partial charge in [0, 0.05) is 25.6 Å². The molecule has 0 spiro atoms. The minimum Gasteiger partial charge on any atom is -0.435 e. The van der Waals surface area contributed by atoms with E-state index in [4.69, 9.17) is 0 Å². The van der Waals surface area contributed by atoms with Crippen molar-refractivity contribution in [1.29, 1.82) is 0 Å². The standard InChI is InChI=1S/C17H23F2N3O3/c18-16(19)25-14-7-5-12(6-8-14)11-21-17(24)20-10-9-15(23)22-13-3-1-2-4-13/h5-8,13,16H,1-4,9-11H2,(H,22,23)(H2,20,21,24). The van der Waals surface area contributed by atoms with Gasteiger partial charge in [0.05, 0.1) is 0 Å². The van der Waals surface area contributed by atoms with Gasteiger partial charge in [-0.05, 0) is 30.5 Å². The highest BCUT2D eigenvalue weighted by atomic mass is 19.3. The van der Waals surface area contributed by atoms with Crippen LogP contribution < -0.4 is 20.7 Å². The molecular formula is C17H23F2N3O3. The summed E-state index contributed by atoms with van der Waals surface area (Å²) in [6.07, 6.45) is 4.60. The van der Waals surface area contributed by atoms with Crippen molar-refractivity contribution >= 4 is 11.9 Å². The lowest BCUT2D eigenvalue weighted by atomic mass is 10.2. The molecule has 3 amide bonds. The third kappa shape index (κ3) is 7.36. The number of urea groups is 1. The van der Waals surface area contributed by atoms with Crippen molar-refractivity contribution in [1.82, 2.24) is 16.0 Å². The molecule has 25 heavy (non-hydrogen) atoms. The van der Waals surface area contributed by atoms with Crippen LogP contribution >= 0.6 is 0 Å². The second-order valence-electron chi connectivity index (χ2n) is 5.93. The fourth-order valence-corrected chi connectivity index (χ4v) is 2.69. The quantitative estimate of drug-likeness (QED) is 0.670. The number of amides is 3. The van der Waals surface area contributed by atoms with Crippen LogP contribution in [0.3, 0.4) is 0 Å². The van der Waals surface area contributed by atoms with Gasteiger partial charge in [-0.1, -0.05) is 25.0 Å². The molecular weight excluding hydrogens is 332 g/mol. The average molecular weight is 355 g/mol. The molecule has 0 bridgehead atoms. The molecule has 3 N–H and O–H groups in total. The number of hydrogen-bond donors (Lipinski definition) is 3. The highest BCUT2D eigenvalue weighted by Crippen LogP contribution is 2.17. The first-order valence-corrected chi connectivity index (χ1v) is 8.38. The van der Waals surface area contributed by atoms with Gasteiger partial charge in [-0.2, -0.15) is 8.78 Å². The largest absolute Gasteiger partial charge is 0.435 e. The summed E-state index contributed by atoms with van der Waals surface area (Å²) < 4.78 is 28.3. The van der Waals surface area contributed by atoms with Gasteiger partial charge >= 0.3 is 12.6 Å². The highest BCUT2D eigenvalue weighted by Gasteiger charge is 2.16. The molecule has 1 saturated carbocycles. The molecule has 0 atom stereocenters. The van der Waals surface area contributed by atoms with E-state index in [1.807, 2.05) is 0 Å². The number of nitrogens with one attached hydrogen (secondary N) is 3. The van der Waals surface area contributed by atoms with Gasteiger partial charge in [0.1, 0.15) is 5.75 Å². The molecule has 0 aromatic heterocycles. The highest BCUT2D eigenvalue weighted by molar-refractivity contribution is 5.78. The Balaban J connectivity index is 1.59. The van der Waals surface area contributed by atoms with Crippen molar-refractivity contribution < 1.29 is 23.1 Å². The van der Waals surface area contributed by atoms with Crippen LogP contribution in [0.5, 0.6) is 5.75 Å². The van der Waals surface area contributed by atoms with E-state index in [0.717, 1.165) is 31.2 Å². The van der Waals surface area contributed by atoms with E-state index in [1.165, 1.54) is 12.1 Å². The summed E-state index contributed by atoms with van der Waals surface area (Å²) in [6.45, 7) is -2.36. The maximum absolute atomic E-state index is 12.0. The number of rotatable bonds is 8. The predicted octanol–water partition coefficient (Wildman–Crippen LogP) is 2.54. The van der Waals surface area contributed by atoms with E-state index >= 15 is 0 Å². The SMILES string of the molecule is O=C(CCNC(=O)NCc1ccc(OC(F)F)cc1)NC1CCCC1. The molecule has 2 rings (SSSR count). The number of carbonyl (C=O) groups excluding carboxylic acids is 2. The van der Waals surface area contributed by atoms with Crippen molar-refractivity contribution in [3.05, 3.63) is 29.8 Å². The first-order valence-electron chi connectivity index (χ1n) is 8.38. The number of halogens is 2. The Bertz CT molecular complexity index is 561. The molecule has 0 heterocycles. The lowest BCUT2D eigenvalue weighted by Crippen LogP contribution is -2.39. The van der Waals surface area contributed by atoms with Gasteiger partial charge in [0.2, 0.25) is 5.91 Å². The monoisotopic (exact) mass is 355 g/mol. The van der Waals surface area contributed by atoms with Crippen molar-refractivity contribution in [3.8, 4) is 5.75 Å². The third-order valence-electron chi connectivity index (χ3n) is 3.96. The summed E-state index contributed by atoms with van der Waals surface area (Å²) in [4.78, 5) is 23.4. The summed E-state index contributed by atoms with van der Waals surface area (Å²) in [6, 6.07) is 5.89. The molecule has 138 valence electrons. The molecule has 1 aromatic carbocycles. The molecule has 1 fully saturated rings. The van der Waals surface area contributed by atoms with Crippen LogP contribution in [0.2, 0.25) is 0 Å². The number of benzene rings is 1. The van der Waals surface area contributed by atoms with E-state index in [1.54, 1.807) is 12.1 Å². The van der Waals surface area contributed by atoms with Crippen LogP contribution in [0.1, 0.15) is 37.7 Å². The van der Waals surface area contributed by atoms with Gasteiger partial charge in [-0.15, -0.1) is 0 Å². The Morgan fingerprint density at radius 2 is 1.80 bits per heavy atom. The summed E-state index contributed by atoms with van der Waals surface area (Å²) >= 11 is 0. The van der Waals surface area contributed by atoms with Crippen molar-refractivity contribution in [3.63, 3.8) is 0 Å². The minimum absolute atomic E-state index is 0.0539. The molecule has 1 aliphatic rings. The van der Waals surface area contributed by atoms with E-state index in [0.29, 0.717) is 0 Å². The van der Waals surface area contributed by atoms with Crippen molar-refractivity contribution in [2.45, 2.75) is 51.3 Å². The van der Waals surface area contributed by atoms with E-state index in [-0.39, 0.29) is 43.2 Å². The zero-order valence-electron chi connectivity index (χ0n) is 13.9. The molecule has 1 aromatic rings. The Morgan fingerprint density at radius 3 is 2.44 bits per heavy atom. The minimum atomic E-state index is -2.86.